The van der Waals surface area contributed by atoms with Gasteiger partial charge in [0.05, 0.1) is 29.3 Å². The maximum absolute atomic E-state index is 15.3. The molecule has 3 aliphatic heterocycles. The Kier molecular flexibility index (Phi) is 12.8. The molecule has 67 heavy (non-hydrogen) atoms. The number of anilines is 2. The highest BCUT2D eigenvalue weighted by Crippen LogP contribution is 2.45. The lowest BCUT2D eigenvalue weighted by Gasteiger charge is -2.36. The largest absolute Gasteiger partial charge is 0.492 e. The average Bonchev–Trinajstić information content (AvgIpc) is 4.02. The number of carbonyl (C=O) groups excluding carboxylic acids is 1. The molecule has 13 nitrogen and oxygen atoms in total. The molecule has 1 amide bonds. The third kappa shape index (κ3) is 9.47. The van der Waals surface area contributed by atoms with Crippen molar-refractivity contribution >= 4 is 34.2 Å². The van der Waals surface area contributed by atoms with Crippen molar-refractivity contribution in [2.75, 3.05) is 68.1 Å². The Morgan fingerprint density at radius 2 is 1.67 bits per heavy atom. The van der Waals surface area contributed by atoms with Gasteiger partial charge >= 0.3 is 12.1 Å². The second kappa shape index (κ2) is 18.9. The van der Waals surface area contributed by atoms with Crippen LogP contribution >= 0.6 is 0 Å². The van der Waals surface area contributed by atoms with Gasteiger partial charge in [-0.2, -0.15) is 13.2 Å². The first-order valence-corrected chi connectivity index (χ1v) is 22.6. The van der Waals surface area contributed by atoms with Crippen molar-refractivity contribution in [1.82, 2.24) is 24.4 Å². The number of nitrogens with one attached hydrogen (secondary N) is 2. The first-order valence-electron chi connectivity index (χ1n) is 22.6. The monoisotopic (exact) mass is 920 g/mol. The number of piperazine rings is 1. The lowest BCUT2D eigenvalue weighted by Crippen LogP contribution is -2.46. The van der Waals surface area contributed by atoms with Crippen molar-refractivity contribution in [1.29, 1.82) is 0 Å². The zero-order valence-electron chi connectivity index (χ0n) is 37.2. The number of carboxylic acids is 1. The smallest absolute Gasteiger partial charge is 0.416 e. The van der Waals surface area contributed by atoms with Crippen LogP contribution in [0, 0.1) is 18.7 Å². The Morgan fingerprint density at radius 3 is 2.34 bits per heavy atom. The molecule has 3 N–H and O–H groups in total. The standard InChI is InChI=1S/C29H28F3N5O.C21H24FN3O4/c1-21-24(20-35-14-16-36(17-15-35)26-9-5-8-25(19-26)29(30,31)32)18-27(22-6-3-2-4-7-22)37(21)34-28(38)23-10-12-33-13-11-23;1-29-20-17-13(19(26)14(21(27)28)9-25(17)12-4-5-12)7-15(22)18(20)24-8-11-3-2-6-23-16(11)10-24/h2-13,18-19H,14-17,20H2,1H3,(H,34,38);7,9,11-12,16,23H,2-6,8,10H2,1H3,(H,27,28)/t;11-,16+/m.0/s1. The number of amides is 1. The van der Waals surface area contributed by atoms with Crippen LogP contribution in [0.25, 0.3) is 22.2 Å². The number of carboxylic acid groups (broad SMARTS) is 1. The Morgan fingerprint density at radius 1 is 0.925 bits per heavy atom. The summed E-state index contributed by atoms with van der Waals surface area (Å²) in [4.78, 5) is 47.6. The van der Waals surface area contributed by atoms with E-state index in [0.29, 0.717) is 79.4 Å². The second-order valence-electron chi connectivity index (χ2n) is 17.6. The van der Waals surface area contributed by atoms with Gasteiger partial charge in [-0.1, -0.05) is 36.4 Å². The third-order valence-corrected chi connectivity index (χ3v) is 13.4. The molecule has 350 valence electrons. The van der Waals surface area contributed by atoms with Crippen molar-refractivity contribution in [3.63, 3.8) is 0 Å². The molecule has 2 atom stereocenters. The molecule has 1 saturated carbocycles. The van der Waals surface area contributed by atoms with E-state index in [1.165, 1.54) is 31.5 Å². The molecule has 6 heterocycles. The van der Waals surface area contributed by atoms with Gasteiger partial charge in [0.25, 0.3) is 5.91 Å². The fourth-order valence-electron chi connectivity index (χ4n) is 9.69. The van der Waals surface area contributed by atoms with Gasteiger partial charge in [0.2, 0.25) is 5.43 Å². The van der Waals surface area contributed by atoms with Crippen molar-refractivity contribution in [2.45, 2.75) is 57.4 Å². The van der Waals surface area contributed by atoms with E-state index < -0.39 is 29.0 Å². The molecule has 0 unspecified atom stereocenters. The number of rotatable bonds is 10. The van der Waals surface area contributed by atoms with Gasteiger partial charge < -0.3 is 29.5 Å². The number of carbonyl (C=O) groups is 2. The molecule has 0 spiro atoms. The molecule has 10 rings (SSSR count). The highest BCUT2D eigenvalue weighted by atomic mass is 19.4. The van der Waals surface area contributed by atoms with Crippen molar-refractivity contribution < 1.29 is 37.0 Å². The maximum Gasteiger partial charge on any atom is 0.416 e. The Hall–Kier alpha value is -6.72. The third-order valence-electron chi connectivity index (χ3n) is 13.4. The SMILES string of the molecule is COc1c(N2C[C@@H]3CCCN[C@@H]3C2)c(F)cc2c(=O)c(C(=O)O)cn(C3CC3)c12.Cc1c(CN2CCN(c3cccc(C(F)(F)F)c3)CC2)cc(-c2ccccc2)n1NC(=O)c1ccncc1. The van der Waals surface area contributed by atoms with Gasteiger partial charge in [0.1, 0.15) is 11.3 Å². The Bertz CT molecular complexity index is 2830. The summed E-state index contributed by atoms with van der Waals surface area (Å²) in [7, 11) is 1.48. The molecule has 3 saturated heterocycles. The van der Waals surface area contributed by atoms with Gasteiger partial charge in [0.15, 0.2) is 11.6 Å². The highest BCUT2D eigenvalue weighted by molar-refractivity contribution is 6.00. The second-order valence-corrected chi connectivity index (χ2v) is 17.6. The van der Waals surface area contributed by atoms with Crippen LogP contribution in [0.5, 0.6) is 5.75 Å². The van der Waals surface area contributed by atoms with E-state index in [-0.39, 0.29) is 22.9 Å². The van der Waals surface area contributed by atoms with Gasteiger partial charge in [-0.15, -0.1) is 0 Å². The molecule has 0 bridgehead atoms. The number of fused-ring (bicyclic) bond motifs is 2. The summed E-state index contributed by atoms with van der Waals surface area (Å²) >= 11 is 0. The lowest BCUT2D eigenvalue weighted by molar-refractivity contribution is -0.137. The van der Waals surface area contributed by atoms with Crippen LogP contribution in [-0.2, 0) is 12.7 Å². The number of pyridine rings is 2. The van der Waals surface area contributed by atoms with Crippen LogP contribution in [0.2, 0.25) is 0 Å². The molecule has 1 aliphatic carbocycles. The number of piperidine rings is 1. The molecule has 0 radical (unpaired) electrons. The number of ether oxygens (including phenoxy) is 1. The molecule has 3 aromatic heterocycles. The minimum atomic E-state index is -4.36. The van der Waals surface area contributed by atoms with Gasteiger partial charge in [-0.3, -0.25) is 29.6 Å². The molecular formula is C50H52F4N8O5. The van der Waals surface area contributed by atoms with Crippen LogP contribution in [0.1, 0.15) is 69.3 Å². The van der Waals surface area contributed by atoms with E-state index in [1.807, 2.05) is 51.7 Å². The lowest BCUT2D eigenvalue weighted by atomic mass is 9.94. The number of hydrogen-bond donors (Lipinski definition) is 3. The summed E-state index contributed by atoms with van der Waals surface area (Å²) < 4.78 is 64.1. The van der Waals surface area contributed by atoms with E-state index >= 15 is 4.39 Å². The predicted molar refractivity (Wildman–Crippen MR) is 248 cm³/mol. The maximum atomic E-state index is 15.3. The number of aromatic nitrogens is 3. The molecule has 4 fully saturated rings. The molecule has 6 aromatic rings. The van der Waals surface area contributed by atoms with Gasteiger partial charge in [0, 0.05) is 99.0 Å². The Balaban J connectivity index is 0.000000174. The summed E-state index contributed by atoms with van der Waals surface area (Å²) in [5.74, 6) is -1.30. The summed E-state index contributed by atoms with van der Waals surface area (Å²) in [6, 6.07) is 22.4. The number of benzene rings is 3. The molecule has 17 heteroatoms. The van der Waals surface area contributed by atoms with Crippen molar-refractivity contribution in [2.24, 2.45) is 5.92 Å². The molecule has 3 aromatic carbocycles. The van der Waals surface area contributed by atoms with Gasteiger partial charge in [-0.05, 0) is 93.1 Å². The zero-order chi connectivity index (χ0) is 47.0. The first-order chi connectivity index (χ1) is 32.3. The molecule has 4 aliphatic rings. The fourth-order valence-corrected chi connectivity index (χ4v) is 9.69. The summed E-state index contributed by atoms with van der Waals surface area (Å²) in [5, 5.41) is 13.0. The van der Waals surface area contributed by atoms with E-state index in [2.05, 4.69) is 26.7 Å². The number of methoxy groups -OCH3 is 1. The van der Waals surface area contributed by atoms with E-state index in [9.17, 15) is 32.7 Å². The summed E-state index contributed by atoms with van der Waals surface area (Å²) in [5.41, 5.74) is 7.20. The highest BCUT2D eigenvalue weighted by Gasteiger charge is 2.38. The van der Waals surface area contributed by atoms with Crippen molar-refractivity contribution in [3.05, 3.63) is 141 Å². The first kappa shape index (κ1) is 45.4. The summed E-state index contributed by atoms with van der Waals surface area (Å²) in [6.45, 7) is 7.73. The number of aromatic carboxylic acids is 1. The quantitative estimate of drug-likeness (QED) is 0.116. The van der Waals surface area contributed by atoms with Crippen LogP contribution in [-0.4, -0.2) is 95.1 Å². The zero-order valence-corrected chi connectivity index (χ0v) is 37.2. The van der Waals surface area contributed by atoms with Gasteiger partial charge in [-0.25, -0.2) is 9.18 Å². The average molecular weight is 921 g/mol. The normalized spacial score (nSPS) is 18.6. The predicted octanol–water partition coefficient (Wildman–Crippen LogP) is 7.95. The Labute approximate surface area is 384 Å². The number of alkyl halides is 3. The minimum Gasteiger partial charge on any atom is -0.492 e. The van der Waals surface area contributed by atoms with E-state index in [4.69, 9.17) is 4.74 Å². The van der Waals surface area contributed by atoms with Crippen LogP contribution in [0.4, 0.5) is 28.9 Å². The fraction of sp³-hybridized carbons (Fsp3) is 0.360. The summed E-state index contributed by atoms with van der Waals surface area (Å²) in [6.07, 6.45) is 4.22. The number of nitrogens with zero attached hydrogens (tertiary/aromatic N) is 6. The number of halogens is 4. The van der Waals surface area contributed by atoms with Crippen molar-refractivity contribution in [3.8, 4) is 17.0 Å². The van der Waals surface area contributed by atoms with E-state index in [0.717, 1.165) is 67.4 Å². The molecular weight excluding hydrogens is 869 g/mol. The van der Waals surface area contributed by atoms with Crippen LogP contribution < -0.4 is 30.7 Å². The van der Waals surface area contributed by atoms with Crippen LogP contribution in [0.3, 0.4) is 0 Å². The van der Waals surface area contributed by atoms with E-state index in [1.54, 1.807) is 35.2 Å². The minimum absolute atomic E-state index is 0.0599. The number of hydrogen-bond acceptors (Lipinski definition) is 9. The topological polar surface area (TPSA) is 137 Å². The van der Waals surface area contributed by atoms with Crippen LogP contribution in [0.15, 0.2) is 102 Å².